The van der Waals surface area contributed by atoms with E-state index >= 15 is 0 Å². The molecular formula is C14H21N3O4. The van der Waals surface area contributed by atoms with Gasteiger partial charge in [-0.05, 0) is 6.08 Å². The topological polar surface area (TPSA) is 103 Å². The van der Waals surface area contributed by atoms with E-state index in [1.165, 1.54) is 7.11 Å². The lowest BCUT2D eigenvalue weighted by Crippen LogP contribution is -2.22. The normalized spacial score (nSPS) is 17.6. The zero-order valence-electron chi connectivity index (χ0n) is 12.3. The summed E-state index contributed by atoms with van der Waals surface area (Å²) in [4.78, 5) is 22.4. The highest BCUT2D eigenvalue weighted by atomic mass is 16.5. The van der Waals surface area contributed by atoms with E-state index in [0.29, 0.717) is 23.5 Å². The number of nitroso groups, excluding NO2 is 1. The molecule has 0 bridgehead atoms. The van der Waals surface area contributed by atoms with Gasteiger partial charge in [0.05, 0.1) is 6.61 Å². The van der Waals surface area contributed by atoms with Gasteiger partial charge in [-0.15, -0.1) is 0 Å². The van der Waals surface area contributed by atoms with Gasteiger partial charge in [0, 0.05) is 43.6 Å². The fourth-order valence-electron chi connectivity index (χ4n) is 1.79. The van der Waals surface area contributed by atoms with Crippen LogP contribution in [0, 0.1) is 4.91 Å². The summed E-state index contributed by atoms with van der Waals surface area (Å²) in [6.45, 7) is 2.24. The molecule has 0 aromatic rings. The molecule has 7 heteroatoms. The van der Waals surface area contributed by atoms with Crippen molar-refractivity contribution >= 4 is 5.78 Å². The number of carbonyl (C=O) groups excluding carboxylic acids is 1. The van der Waals surface area contributed by atoms with Crippen molar-refractivity contribution in [2.45, 2.75) is 19.4 Å². The van der Waals surface area contributed by atoms with Gasteiger partial charge in [0.2, 0.25) is 0 Å². The largest absolute Gasteiger partial charge is 0.491 e. The third-order valence-electron chi connectivity index (χ3n) is 2.91. The van der Waals surface area contributed by atoms with Crippen molar-refractivity contribution in [2.24, 2.45) is 10.9 Å². The van der Waals surface area contributed by atoms with E-state index in [0.717, 1.165) is 0 Å². The number of rotatable bonds is 9. The third-order valence-corrected chi connectivity index (χ3v) is 2.91. The van der Waals surface area contributed by atoms with Crippen LogP contribution in [0.1, 0.15) is 13.3 Å². The second-order valence-corrected chi connectivity index (χ2v) is 4.42. The molecule has 1 aliphatic rings. The number of nitrogens with zero attached hydrogens (tertiary/aromatic N) is 1. The molecule has 1 heterocycles. The standard InChI is InChI=1S/C14H21N3O4/c1-3-14(18)12(7-15)13-6-11(4-5-16-13)21-9-10(17-19)8-20-2/h4-6,10,16H,3,7-9,15H2,1-2H3/b13-12+. The minimum atomic E-state index is -0.571. The molecule has 1 aliphatic heterocycles. The Hall–Kier alpha value is -1.99. The number of nitrogens with one attached hydrogen (secondary N) is 1. The third kappa shape index (κ3) is 5.13. The van der Waals surface area contributed by atoms with Crippen molar-refractivity contribution in [2.75, 3.05) is 26.9 Å². The lowest BCUT2D eigenvalue weighted by molar-refractivity contribution is -0.115. The first-order valence-corrected chi connectivity index (χ1v) is 6.71. The van der Waals surface area contributed by atoms with Gasteiger partial charge in [-0.2, -0.15) is 4.91 Å². The maximum atomic E-state index is 11.8. The van der Waals surface area contributed by atoms with Gasteiger partial charge in [0.25, 0.3) is 0 Å². The van der Waals surface area contributed by atoms with Crippen LogP contribution in [0.2, 0.25) is 0 Å². The van der Waals surface area contributed by atoms with Crippen molar-refractivity contribution in [1.82, 2.24) is 5.32 Å². The molecule has 0 saturated carbocycles. The highest BCUT2D eigenvalue weighted by Crippen LogP contribution is 2.14. The summed E-state index contributed by atoms with van der Waals surface area (Å²) < 4.78 is 10.4. The van der Waals surface area contributed by atoms with Crippen LogP contribution in [-0.4, -0.2) is 38.7 Å². The molecule has 0 fully saturated rings. The second-order valence-electron chi connectivity index (χ2n) is 4.42. The maximum Gasteiger partial charge on any atom is 0.161 e. The summed E-state index contributed by atoms with van der Waals surface area (Å²) in [6.07, 6.45) is 5.42. The molecule has 0 aliphatic carbocycles. The summed E-state index contributed by atoms with van der Waals surface area (Å²) in [5, 5.41) is 5.89. The first kappa shape index (κ1) is 17.1. The Morgan fingerprint density at radius 3 is 2.81 bits per heavy atom. The Morgan fingerprint density at radius 1 is 1.48 bits per heavy atom. The van der Waals surface area contributed by atoms with E-state index in [2.05, 4.69) is 10.5 Å². The lowest BCUT2D eigenvalue weighted by Gasteiger charge is -2.17. The molecule has 0 amide bonds. The molecule has 0 saturated heterocycles. The van der Waals surface area contributed by atoms with Crippen LogP contribution >= 0.6 is 0 Å². The average molecular weight is 295 g/mol. The minimum absolute atomic E-state index is 0.0160. The van der Waals surface area contributed by atoms with Crippen molar-refractivity contribution in [3.05, 3.63) is 40.3 Å². The second kappa shape index (κ2) is 9.04. The molecule has 21 heavy (non-hydrogen) atoms. The summed E-state index contributed by atoms with van der Waals surface area (Å²) in [5.41, 5.74) is 6.76. The van der Waals surface area contributed by atoms with Crippen molar-refractivity contribution in [3.63, 3.8) is 0 Å². The van der Waals surface area contributed by atoms with Gasteiger partial charge < -0.3 is 20.5 Å². The number of ether oxygens (including phenoxy) is 2. The molecule has 1 atom stereocenters. The van der Waals surface area contributed by atoms with Crippen LogP contribution in [0.15, 0.2) is 40.6 Å². The van der Waals surface area contributed by atoms with Gasteiger partial charge in [-0.25, -0.2) is 0 Å². The molecule has 7 nitrogen and oxygen atoms in total. The highest BCUT2D eigenvalue weighted by molar-refractivity contribution is 5.96. The number of hydrogen-bond acceptors (Lipinski definition) is 7. The Bertz CT molecular complexity index is 469. The van der Waals surface area contributed by atoms with Crippen LogP contribution in [0.25, 0.3) is 0 Å². The molecule has 116 valence electrons. The number of allylic oxidation sites excluding steroid dienone is 2. The van der Waals surface area contributed by atoms with Gasteiger partial charge in [-0.3, -0.25) is 4.79 Å². The Balaban J connectivity index is 2.79. The number of methoxy groups -OCH3 is 1. The molecule has 0 spiro atoms. The lowest BCUT2D eigenvalue weighted by atomic mass is 10.1. The van der Waals surface area contributed by atoms with E-state index in [-0.39, 0.29) is 25.5 Å². The van der Waals surface area contributed by atoms with E-state index in [1.54, 1.807) is 25.3 Å². The summed E-state index contributed by atoms with van der Waals surface area (Å²) in [7, 11) is 1.49. The fraction of sp³-hybridized carbons (Fsp3) is 0.500. The molecule has 0 aromatic carbocycles. The quantitative estimate of drug-likeness (QED) is 0.485. The van der Waals surface area contributed by atoms with E-state index in [4.69, 9.17) is 15.2 Å². The van der Waals surface area contributed by atoms with Crippen LogP contribution in [0.5, 0.6) is 0 Å². The number of dihydropyridines is 1. The Kier molecular flexibility index (Phi) is 7.34. The molecule has 0 aromatic heterocycles. The van der Waals surface area contributed by atoms with Crippen LogP contribution in [0.3, 0.4) is 0 Å². The maximum absolute atomic E-state index is 11.8. The van der Waals surface area contributed by atoms with Crippen LogP contribution in [0.4, 0.5) is 0 Å². The first-order valence-electron chi connectivity index (χ1n) is 6.71. The van der Waals surface area contributed by atoms with Crippen LogP contribution < -0.4 is 11.1 Å². The number of hydrogen-bond donors (Lipinski definition) is 2. The average Bonchev–Trinajstić information content (AvgIpc) is 2.52. The monoisotopic (exact) mass is 295 g/mol. The van der Waals surface area contributed by atoms with Crippen molar-refractivity contribution in [3.8, 4) is 0 Å². The molecule has 0 radical (unpaired) electrons. The number of ketones is 1. The van der Waals surface area contributed by atoms with E-state index < -0.39 is 6.04 Å². The number of carbonyl (C=O) groups is 1. The van der Waals surface area contributed by atoms with E-state index in [1.807, 2.05) is 0 Å². The van der Waals surface area contributed by atoms with Gasteiger partial charge in [-0.1, -0.05) is 12.1 Å². The Morgan fingerprint density at radius 2 is 2.24 bits per heavy atom. The smallest absolute Gasteiger partial charge is 0.161 e. The van der Waals surface area contributed by atoms with Gasteiger partial charge >= 0.3 is 0 Å². The summed E-state index contributed by atoms with van der Waals surface area (Å²) >= 11 is 0. The summed E-state index contributed by atoms with van der Waals surface area (Å²) in [5.74, 6) is 0.515. The van der Waals surface area contributed by atoms with Gasteiger partial charge in [0.1, 0.15) is 18.4 Å². The highest BCUT2D eigenvalue weighted by Gasteiger charge is 2.15. The summed E-state index contributed by atoms with van der Waals surface area (Å²) in [6, 6.07) is -0.571. The zero-order valence-corrected chi connectivity index (χ0v) is 12.3. The zero-order chi connectivity index (χ0) is 15.7. The van der Waals surface area contributed by atoms with Crippen molar-refractivity contribution in [1.29, 1.82) is 0 Å². The molecule has 3 N–H and O–H groups in total. The van der Waals surface area contributed by atoms with Crippen molar-refractivity contribution < 1.29 is 14.3 Å². The van der Waals surface area contributed by atoms with Crippen LogP contribution in [-0.2, 0) is 14.3 Å². The number of Topliss-reactive ketones (excluding diaryl/α,β-unsaturated/α-hetero) is 1. The molecule has 1 unspecified atom stereocenters. The Labute approximate surface area is 123 Å². The molecule has 1 rings (SSSR count). The SMILES string of the molecule is CCC(=O)/C(CN)=C1\C=C(OCC(COC)N=O)C=CN1. The predicted molar refractivity (Wildman–Crippen MR) is 79.1 cm³/mol. The fourth-order valence-corrected chi connectivity index (χ4v) is 1.79. The number of nitrogens with two attached hydrogens (primary N) is 1. The van der Waals surface area contributed by atoms with E-state index in [9.17, 15) is 9.70 Å². The first-order chi connectivity index (χ1) is 10.2. The molecular weight excluding hydrogens is 274 g/mol. The van der Waals surface area contributed by atoms with Gasteiger partial charge in [0.15, 0.2) is 5.78 Å². The minimum Gasteiger partial charge on any atom is -0.491 e. The predicted octanol–water partition coefficient (Wildman–Crippen LogP) is 0.977.